The van der Waals surface area contributed by atoms with Crippen LogP contribution in [0.3, 0.4) is 0 Å². The zero-order valence-corrected chi connectivity index (χ0v) is 8.64. The Morgan fingerprint density at radius 2 is 2.17 bits per heavy atom. The fraction of sp³-hybridized carbons (Fsp3) is 1.00. The highest BCUT2D eigenvalue weighted by molar-refractivity contribution is 4.85. The molecule has 0 aromatic carbocycles. The van der Waals surface area contributed by atoms with Crippen LogP contribution in [0.2, 0.25) is 0 Å². The molecule has 0 amide bonds. The molecule has 72 valence electrons. The first kappa shape index (κ1) is 10.0. The first-order valence-electron chi connectivity index (χ1n) is 5.18. The van der Waals surface area contributed by atoms with Gasteiger partial charge in [-0.15, -0.1) is 0 Å². The average Bonchev–Trinajstić information content (AvgIpc) is 2.86. The predicted octanol–water partition coefficient (Wildman–Crippen LogP) is 1.47. The molecule has 0 radical (unpaired) electrons. The van der Waals surface area contributed by atoms with Gasteiger partial charge in [-0.3, -0.25) is 4.90 Å². The summed E-state index contributed by atoms with van der Waals surface area (Å²) in [5, 5.41) is 3.46. The van der Waals surface area contributed by atoms with E-state index in [0.717, 1.165) is 19.1 Å². The Morgan fingerprint density at radius 3 is 2.67 bits per heavy atom. The zero-order valence-electron chi connectivity index (χ0n) is 8.64. The van der Waals surface area contributed by atoms with Crippen LogP contribution in [-0.2, 0) is 0 Å². The normalized spacial score (nSPS) is 20.0. The third-order valence-electron chi connectivity index (χ3n) is 2.68. The van der Waals surface area contributed by atoms with Gasteiger partial charge >= 0.3 is 0 Å². The Morgan fingerprint density at radius 1 is 1.50 bits per heavy atom. The van der Waals surface area contributed by atoms with Crippen LogP contribution in [0, 0.1) is 0 Å². The first-order valence-corrected chi connectivity index (χ1v) is 5.18. The molecule has 1 aliphatic rings. The van der Waals surface area contributed by atoms with E-state index in [0.29, 0.717) is 6.04 Å². The number of nitrogens with one attached hydrogen (secondary N) is 1. The quantitative estimate of drug-likeness (QED) is 0.607. The van der Waals surface area contributed by atoms with Gasteiger partial charge in [0.05, 0.1) is 0 Å². The highest BCUT2D eigenvalue weighted by atomic mass is 15.2. The van der Waals surface area contributed by atoms with Crippen LogP contribution >= 0.6 is 0 Å². The molecule has 0 bridgehead atoms. The molecular weight excluding hydrogens is 148 g/mol. The van der Waals surface area contributed by atoms with Gasteiger partial charge in [0.2, 0.25) is 0 Å². The molecule has 0 saturated heterocycles. The van der Waals surface area contributed by atoms with Gasteiger partial charge in [-0.05, 0) is 39.8 Å². The molecule has 0 aliphatic heterocycles. The Bertz CT molecular complexity index is 121. The second-order valence-corrected chi connectivity index (χ2v) is 3.95. The molecule has 1 rings (SSSR count). The molecule has 12 heavy (non-hydrogen) atoms. The van der Waals surface area contributed by atoms with Gasteiger partial charge < -0.3 is 5.32 Å². The zero-order chi connectivity index (χ0) is 8.97. The molecule has 2 nitrogen and oxygen atoms in total. The van der Waals surface area contributed by atoms with E-state index in [1.165, 1.54) is 19.3 Å². The van der Waals surface area contributed by atoms with Gasteiger partial charge in [0, 0.05) is 18.6 Å². The molecule has 1 N–H and O–H groups in total. The molecule has 0 aromatic rings. The minimum Gasteiger partial charge on any atom is -0.315 e. The summed E-state index contributed by atoms with van der Waals surface area (Å²) < 4.78 is 0. The van der Waals surface area contributed by atoms with Gasteiger partial charge in [0.25, 0.3) is 0 Å². The Kier molecular flexibility index (Phi) is 4.02. The largest absolute Gasteiger partial charge is 0.315 e. The predicted molar refractivity (Wildman–Crippen MR) is 53.4 cm³/mol. The SMILES string of the molecule is CCCNCC(C)N(C)C1CC1. The number of rotatable bonds is 6. The second kappa shape index (κ2) is 4.83. The lowest BCUT2D eigenvalue weighted by atomic mass is 10.3. The minimum absolute atomic E-state index is 0.698. The van der Waals surface area contributed by atoms with Crippen molar-refractivity contribution in [3.05, 3.63) is 0 Å². The molecule has 1 saturated carbocycles. The summed E-state index contributed by atoms with van der Waals surface area (Å²) in [4.78, 5) is 2.50. The summed E-state index contributed by atoms with van der Waals surface area (Å²) in [5.74, 6) is 0. The molecule has 0 spiro atoms. The highest BCUT2D eigenvalue weighted by Crippen LogP contribution is 2.26. The van der Waals surface area contributed by atoms with E-state index in [1.54, 1.807) is 0 Å². The molecule has 1 atom stereocenters. The van der Waals surface area contributed by atoms with Crippen LogP contribution in [0.5, 0.6) is 0 Å². The van der Waals surface area contributed by atoms with E-state index in [-0.39, 0.29) is 0 Å². The van der Waals surface area contributed by atoms with Crippen molar-refractivity contribution in [1.82, 2.24) is 10.2 Å². The van der Waals surface area contributed by atoms with Gasteiger partial charge in [-0.2, -0.15) is 0 Å². The molecule has 1 aliphatic carbocycles. The molecule has 0 aromatic heterocycles. The van der Waals surface area contributed by atoms with Crippen LogP contribution in [0.15, 0.2) is 0 Å². The summed E-state index contributed by atoms with van der Waals surface area (Å²) >= 11 is 0. The topological polar surface area (TPSA) is 15.3 Å². The lowest BCUT2D eigenvalue weighted by Gasteiger charge is -2.24. The summed E-state index contributed by atoms with van der Waals surface area (Å²) in [6.07, 6.45) is 4.06. The molecule has 1 unspecified atom stereocenters. The van der Waals surface area contributed by atoms with Crippen molar-refractivity contribution < 1.29 is 0 Å². The second-order valence-electron chi connectivity index (χ2n) is 3.95. The lowest BCUT2D eigenvalue weighted by Crippen LogP contribution is -2.39. The van der Waals surface area contributed by atoms with Crippen molar-refractivity contribution in [2.75, 3.05) is 20.1 Å². The summed E-state index contributed by atoms with van der Waals surface area (Å²) in [5.41, 5.74) is 0. The van der Waals surface area contributed by atoms with E-state index in [1.807, 2.05) is 0 Å². The summed E-state index contributed by atoms with van der Waals surface area (Å²) in [6, 6.07) is 1.59. The summed E-state index contributed by atoms with van der Waals surface area (Å²) in [7, 11) is 2.25. The van der Waals surface area contributed by atoms with Crippen molar-refractivity contribution in [2.45, 2.75) is 45.2 Å². The smallest absolute Gasteiger partial charge is 0.0192 e. The van der Waals surface area contributed by atoms with Crippen molar-refractivity contribution in [2.24, 2.45) is 0 Å². The number of hydrogen-bond acceptors (Lipinski definition) is 2. The van der Waals surface area contributed by atoms with Crippen LogP contribution in [0.4, 0.5) is 0 Å². The van der Waals surface area contributed by atoms with Crippen molar-refractivity contribution in [1.29, 1.82) is 0 Å². The van der Waals surface area contributed by atoms with Crippen molar-refractivity contribution in [3.63, 3.8) is 0 Å². The van der Waals surface area contributed by atoms with Gasteiger partial charge in [-0.25, -0.2) is 0 Å². The lowest BCUT2D eigenvalue weighted by molar-refractivity contribution is 0.241. The Balaban J connectivity index is 2.04. The Labute approximate surface area is 76.3 Å². The molecule has 2 heteroatoms. The fourth-order valence-corrected chi connectivity index (χ4v) is 1.47. The highest BCUT2D eigenvalue weighted by Gasteiger charge is 2.28. The average molecular weight is 170 g/mol. The third-order valence-corrected chi connectivity index (χ3v) is 2.68. The van der Waals surface area contributed by atoms with Crippen LogP contribution in [-0.4, -0.2) is 37.1 Å². The summed E-state index contributed by atoms with van der Waals surface area (Å²) in [6.45, 7) is 6.81. The third kappa shape index (κ3) is 3.11. The first-order chi connectivity index (χ1) is 5.75. The van der Waals surface area contributed by atoms with Crippen LogP contribution < -0.4 is 5.32 Å². The number of likely N-dealkylation sites (N-methyl/N-ethyl adjacent to an activating group) is 1. The maximum atomic E-state index is 3.46. The number of nitrogens with zero attached hydrogens (tertiary/aromatic N) is 1. The maximum absolute atomic E-state index is 3.46. The fourth-order valence-electron chi connectivity index (χ4n) is 1.47. The maximum Gasteiger partial charge on any atom is 0.0192 e. The monoisotopic (exact) mass is 170 g/mol. The Hall–Kier alpha value is -0.0800. The standard InChI is InChI=1S/C10H22N2/c1-4-7-11-8-9(2)12(3)10-5-6-10/h9-11H,4-8H2,1-3H3. The van der Waals surface area contributed by atoms with E-state index < -0.39 is 0 Å². The molecular formula is C10H22N2. The van der Waals surface area contributed by atoms with E-state index in [9.17, 15) is 0 Å². The van der Waals surface area contributed by atoms with E-state index in [2.05, 4.69) is 31.1 Å². The minimum atomic E-state index is 0.698. The van der Waals surface area contributed by atoms with E-state index >= 15 is 0 Å². The van der Waals surface area contributed by atoms with Crippen LogP contribution in [0.25, 0.3) is 0 Å². The van der Waals surface area contributed by atoms with Crippen molar-refractivity contribution >= 4 is 0 Å². The van der Waals surface area contributed by atoms with Gasteiger partial charge in [0.1, 0.15) is 0 Å². The van der Waals surface area contributed by atoms with E-state index in [4.69, 9.17) is 0 Å². The number of hydrogen-bond donors (Lipinski definition) is 1. The van der Waals surface area contributed by atoms with Crippen LogP contribution in [0.1, 0.15) is 33.1 Å². The van der Waals surface area contributed by atoms with Gasteiger partial charge in [0.15, 0.2) is 0 Å². The van der Waals surface area contributed by atoms with Crippen molar-refractivity contribution in [3.8, 4) is 0 Å². The molecule has 0 heterocycles. The van der Waals surface area contributed by atoms with Gasteiger partial charge in [-0.1, -0.05) is 6.92 Å². The molecule has 1 fully saturated rings.